The highest BCUT2D eigenvalue weighted by Gasteiger charge is 1.99. The second kappa shape index (κ2) is 4.69. The Kier molecular flexibility index (Phi) is 3.55. The molecule has 0 radical (unpaired) electrons. The Labute approximate surface area is 85.1 Å². The molecule has 0 aliphatic rings. The number of nitrogens with two attached hydrogens (primary N) is 1. The molecule has 0 saturated heterocycles. The van der Waals surface area contributed by atoms with E-state index in [9.17, 15) is 0 Å². The molecular formula is C12H15NO. The van der Waals surface area contributed by atoms with E-state index in [1.165, 1.54) is 5.56 Å². The number of benzene rings is 1. The average molecular weight is 189 g/mol. The van der Waals surface area contributed by atoms with E-state index in [2.05, 4.69) is 11.8 Å². The molecule has 2 nitrogen and oxygen atoms in total. The predicted molar refractivity (Wildman–Crippen MR) is 58.3 cm³/mol. The molecule has 1 rings (SSSR count). The van der Waals surface area contributed by atoms with Crippen LogP contribution in [-0.4, -0.2) is 13.2 Å². The van der Waals surface area contributed by atoms with Crippen molar-refractivity contribution in [3.63, 3.8) is 0 Å². The zero-order valence-corrected chi connectivity index (χ0v) is 8.79. The Hall–Kier alpha value is -1.46. The van der Waals surface area contributed by atoms with Gasteiger partial charge in [-0.15, -0.1) is 0 Å². The van der Waals surface area contributed by atoms with Crippen LogP contribution in [0.3, 0.4) is 0 Å². The van der Waals surface area contributed by atoms with Gasteiger partial charge >= 0.3 is 0 Å². The molecule has 0 amide bonds. The standard InChI is InChI=1S/C12H15NO/c1-9-4-7-12(14-3)11(8-9)6-5-10(2)13/h4,7-8,10H,13H2,1-3H3. The first kappa shape index (κ1) is 10.6. The van der Waals surface area contributed by atoms with Crippen molar-refractivity contribution in [2.24, 2.45) is 5.73 Å². The molecule has 0 aliphatic carbocycles. The summed E-state index contributed by atoms with van der Waals surface area (Å²) in [6.07, 6.45) is 0. The largest absolute Gasteiger partial charge is 0.495 e. The van der Waals surface area contributed by atoms with Gasteiger partial charge in [-0.3, -0.25) is 0 Å². The van der Waals surface area contributed by atoms with Gasteiger partial charge in [0.2, 0.25) is 0 Å². The van der Waals surface area contributed by atoms with Crippen molar-refractivity contribution < 1.29 is 4.74 Å². The number of ether oxygens (including phenoxy) is 1. The van der Waals surface area contributed by atoms with Crippen molar-refractivity contribution in [1.82, 2.24) is 0 Å². The smallest absolute Gasteiger partial charge is 0.134 e. The number of hydrogen-bond donors (Lipinski definition) is 1. The topological polar surface area (TPSA) is 35.2 Å². The summed E-state index contributed by atoms with van der Waals surface area (Å²) in [4.78, 5) is 0. The van der Waals surface area contributed by atoms with Crippen molar-refractivity contribution in [3.05, 3.63) is 29.3 Å². The first-order valence-electron chi connectivity index (χ1n) is 4.55. The minimum atomic E-state index is -0.111. The molecule has 0 spiro atoms. The van der Waals surface area contributed by atoms with Crippen LogP contribution in [0, 0.1) is 18.8 Å². The van der Waals surface area contributed by atoms with E-state index in [0.717, 1.165) is 11.3 Å². The third-order valence-electron chi connectivity index (χ3n) is 1.79. The summed E-state index contributed by atoms with van der Waals surface area (Å²) >= 11 is 0. The molecule has 1 atom stereocenters. The van der Waals surface area contributed by atoms with Gasteiger partial charge in [0.25, 0.3) is 0 Å². The maximum Gasteiger partial charge on any atom is 0.134 e. The third-order valence-corrected chi connectivity index (χ3v) is 1.79. The fourth-order valence-electron chi connectivity index (χ4n) is 1.11. The van der Waals surface area contributed by atoms with Crippen LogP contribution in [0.5, 0.6) is 5.75 Å². The maximum absolute atomic E-state index is 5.56. The van der Waals surface area contributed by atoms with Gasteiger partial charge in [-0.1, -0.05) is 17.9 Å². The monoisotopic (exact) mass is 189 g/mol. The van der Waals surface area contributed by atoms with E-state index >= 15 is 0 Å². The lowest BCUT2D eigenvalue weighted by molar-refractivity contribution is 0.413. The Bertz CT molecular complexity index is 372. The zero-order chi connectivity index (χ0) is 10.6. The van der Waals surface area contributed by atoms with Crippen LogP contribution in [0.1, 0.15) is 18.1 Å². The number of rotatable bonds is 1. The summed E-state index contributed by atoms with van der Waals surface area (Å²) in [5.74, 6) is 6.71. The molecule has 2 heteroatoms. The fraction of sp³-hybridized carbons (Fsp3) is 0.333. The third kappa shape index (κ3) is 2.79. The summed E-state index contributed by atoms with van der Waals surface area (Å²) in [5, 5.41) is 0. The van der Waals surface area contributed by atoms with Crippen molar-refractivity contribution in [1.29, 1.82) is 0 Å². The van der Waals surface area contributed by atoms with Gasteiger partial charge in [-0.25, -0.2) is 0 Å². The minimum Gasteiger partial charge on any atom is -0.495 e. The molecule has 0 aliphatic heterocycles. The Morgan fingerprint density at radius 1 is 1.43 bits per heavy atom. The highest BCUT2D eigenvalue weighted by atomic mass is 16.5. The van der Waals surface area contributed by atoms with Crippen LogP contribution in [-0.2, 0) is 0 Å². The second-order valence-electron chi connectivity index (χ2n) is 3.26. The lowest BCUT2D eigenvalue weighted by Gasteiger charge is -2.03. The second-order valence-corrected chi connectivity index (χ2v) is 3.26. The summed E-state index contributed by atoms with van der Waals surface area (Å²) in [6.45, 7) is 3.88. The summed E-state index contributed by atoms with van der Waals surface area (Å²) < 4.78 is 5.19. The average Bonchev–Trinajstić information content (AvgIpc) is 2.15. The van der Waals surface area contributed by atoms with E-state index in [1.807, 2.05) is 32.0 Å². The molecule has 1 aromatic carbocycles. The minimum absolute atomic E-state index is 0.111. The first-order chi connectivity index (χ1) is 6.63. The van der Waals surface area contributed by atoms with Gasteiger partial charge in [0.1, 0.15) is 5.75 Å². The molecule has 2 N–H and O–H groups in total. The fourth-order valence-corrected chi connectivity index (χ4v) is 1.11. The number of methoxy groups -OCH3 is 1. The van der Waals surface area contributed by atoms with E-state index < -0.39 is 0 Å². The molecular weight excluding hydrogens is 174 g/mol. The van der Waals surface area contributed by atoms with Gasteiger partial charge in [-0.05, 0) is 31.5 Å². The highest BCUT2D eigenvalue weighted by Crippen LogP contribution is 2.18. The summed E-state index contributed by atoms with van der Waals surface area (Å²) in [6, 6.07) is 5.80. The van der Waals surface area contributed by atoms with Crippen LogP contribution in [0.25, 0.3) is 0 Å². The van der Waals surface area contributed by atoms with E-state index in [1.54, 1.807) is 7.11 Å². The molecule has 74 valence electrons. The summed E-state index contributed by atoms with van der Waals surface area (Å²) in [5.41, 5.74) is 7.62. The van der Waals surface area contributed by atoms with Crippen LogP contribution in [0.4, 0.5) is 0 Å². The van der Waals surface area contributed by atoms with E-state index in [-0.39, 0.29) is 6.04 Å². The van der Waals surface area contributed by atoms with Crippen molar-refractivity contribution in [3.8, 4) is 17.6 Å². The van der Waals surface area contributed by atoms with E-state index in [4.69, 9.17) is 10.5 Å². The zero-order valence-electron chi connectivity index (χ0n) is 8.79. The number of aryl methyl sites for hydroxylation is 1. The molecule has 0 aromatic heterocycles. The molecule has 0 fully saturated rings. The Morgan fingerprint density at radius 2 is 2.14 bits per heavy atom. The van der Waals surface area contributed by atoms with Crippen LogP contribution in [0.2, 0.25) is 0 Å². The van der Waals surface area contributed by atoms with Crippen molar-refractivity contribution >= 4 is 0 Å². The SMILES string of the molecule is COc1ccc(C)cc1C#CC(C)N. The molecule has 1 aromatic rings. The molecule has 0 heterocycles. The van der Waals surface area contributed by atoms with Gasteiger partial charge < -0.3 is 10.5 Å². The first-order valence-corrected chi connectivity index (χ1v) is 4.55. The summed E-state index contributed by atoms with van der Waals surface area (Å²) in [7, 11) is 1.64. The van der Waals surface area contributed by atoms with Gasteiger partial charge in [0, 0.05) is 0 Å². The van der Waals surface area contributed by atoms with E-state index in [0.29, 0.717) is 0 Å². The maximum atomic E-state index is 5.56. The predicted octanol–water partition coefficient (Wildman–Crippen LogP) is 1.70. The molecule has 14 heavy (non-hydrogen) atoms. The normalized spacial score (nSPS) is 11.4. The van der Waals surface area contributed by atoms with Crippen LogP contribution < -0.4 is 10.5 Å². The Morgan fingerprint density at radius 3 is 2.71 bits per heavy atom. The molecule has 1 unspecified atom stereocenters. The van der Waals surface area contributed by atoms with Gasteiger partial charge in [0.15, 0.2) is 0 Å². The van der Waals surface area contributed by atoms with Crippen LogP contribution >= 0.6 is 0 Å². The van der Waals surface area contributed by atoms with Gasteiger partial charge in [-0.2, -0.15) is 0 Å². The quantitative estimate of drug-likeness (QED) is 0.682. The molecule has 0 bridgehead atoms. The lowest BCUT2D eigenvalue weighted by Crippen LogP contribution is -2.10. The number of hydrogen-bond acceptors (Lipinski definition) is 2. The van der Waals surface area contributed by atoms with Crippen molar-refractivity contribution in [2.45, 2.75) is 19.9 Å². The Balaban J connectivity index is 3.07. The lowest BCUT2D eigenvalue weighted by atomic mass is 10.1. The molecule has 0 saturated carbocycles. The van der Waals surface area contributed by atoms with Crippen molar-refractivity contribution in [2.75, 3.05) is 7.11 Å². The highest BCUT2D eigenvalue weighted by molar-refractivity contribution is 5.48. The van der Waals surface area contributed by atoms with Crippen LogP contribution in [0.15, 0.2) is 18.2 Å². The van der Waals surface area contributed by atoms with Gasteiger partial charge in [0.05, 0.1) is 18.7 Å².